The summed E-state index contributed by atoms with van der Waals surface area (Å²) in [6, 6.07) is 14.7. The van der Waals surface area contributed by atoms with Crippen molar-refractivity contribution >= 4 is 35.6 Å². The minimum Gasteiger partial charge on any atom is -0.497 e. The minimum absolute atomic E-state index is 0.109. The van der Waals surface area contributed by atoms with Crippen LogP contribution in [0.4, 0.5) is 0 Å². The van der Waals surface area contributed by atoms with E-state index in [1.54, 1.807) is 25.4 Å². The van der Waals surface area contributed by atoms with Crippen LogP contribution in [-0.2, 0) is 20.9 Å². The van der Waals surface area contributed by atoms with Gasteiger partial charge in [-0.15, -0.1) is 0 Å². The Bertz CT molecular complexity index is 1290. The number of carbonyl (C=O) groups excluding carboxylic acids is 2. The van der Waals surface area contributed by atoms with Crippen LogP contribution >= 0.6 is 0 Å². The molecule has 2 aliphatic heterocycles. The van der Waals surface area contributed by atoms with Gasteiger partial charge in [0.1, 0.15) is 5.75 Å². The SMILES string of the molecule is COC(=O)C1CC2C(c3cn(B(O)O)c4ccc(OC)cc34)=CC1C(=O)N2Cc1ccccc1. The zero-order chi connectivity index (χ0) is 24.0. The highest BCUT2D eigenvalue weighted by molar-refractivity contribution is 6.41. The molecular weight excluding hydrogens is 435 g/mol. The highest BCUT2D eigenvalue weighted by Gasteiger charge is 2.50. The molecule has 1 aliphatic carbocycles. The van der Waals surface area contributed by atoms with Gasteiger partial charge in [-0.3, -0.25) is 9.59 Å². The fourth-order valence-corrected chi connectivity index (χ4v) is 5.23. The molecule has 3 atom stereocenters. The number of fused-ring (bicyclic) bond motifs is 3. The van der Waals surface area contributed by atoms with Crippen LogP contribution < -0.4 is 4.74 Å². The van der Waals surface area contributed by atoms with E-state index in [0.717, 1.165) is 22.1 Å². The fourth-order valence-electron chi connectivity index (χ4n) is 5.23. The van der Waals surface area contributed by atoms with E-state index in [4.69, 9.17) is 9.47 Å². The molecule has 0 radical (unpaired) electrons. The number of hydrogen-bond acceptors (Lipinski definition) is 6. The van der Waals surface area contributed by atoms with Gasteiger partial charge in [0, 0.05) is 29.2 Å². The molecule has 3 heterocycles. The standard InChI is InChI=1S/C25H25BN2O6/c1-33-16-8-9-22-17(10-16)21(14-28(22)26(31)32)18-11-19-20(25(30)34-2)12-23(18)27(24(19)29)13-15-6-4-3-5-7-15/h3-11,14,19-20,23,31-32H,12-13H2,1-2H3. The summed E-state index contributed by atoms with van der Waals surface area (Å²) in [5, 5.41) is 20.7. The maximum atomic E-state index is 13.4. The van der Waals surface area contributed by atoms with Gasteiger partial charge in [0.15, 0.2) is 0 Å². The molecule has 1 fully saturated rings. The van der Waals surface area contributed by atoms with Gasteiger partial charge in [-0.1, -0.05) is 36.4 Å². The van der Waals surface area contributed by atoms with Crippen LogP contribution in [0.1, 0.15) is 17.5 Å². The molecule has 0 spiro atoms. The average Bonchev–Trinajstić information content (AvgIpc) is 3.25. The van der Waals surface area contributed by atoms with Crippen molar-refractivity contribution in [1.82, 2.24) is 9.38 Å². The number of aromatic nitrogens is 1. The summed E-state index contributed by atoms with van der Waals surface area (Å²) in [7, 11) is 1.18. The Kier molecular flexibility index (Phi) is 5.67. The van der Waals surface area contributed by atoms with Gasteiger partial charge in [-0.25, -0.2) is 0 Å². The van der Waals surface area contributed by atoms with Crippen molar-refractivity contribution in [3.63, 3.8) is 0 Å². The normalized spacial score (nSPS) is 21.5. The Morgan fingerprint density at radius 1 is 1.15 bits per heavy atom. The van der Waals surface area contributed by atoms with Crippen molar-refractivity contribution in [3.05, 3.63) is 71.9 Å². The minimum atomic E-state index is -1.73. The number of hydrogen-bond donors (Lipinski definition) is 2. The van der Waals surface area contributed by atoms with E-state index < -0.39 is 25.1 Å². The third kappa shape index (κ3) is 3.57. The monoisotopic (exact) mass is 460 g/mol. The van der Waals surface area contributed by atoms with Crippen LogP contribution in [0, 0.1) is 11.8 Å². The molecule has 3 aromatic rings. The molecule has 174 valence electrons. The fraction of sp³-hybridized carbons (Fsp3) is 0.280. The summed E-state index contributed by atoms with van der Waals surface area (Å²) < 4.78 is 11.8. The maximum Gasteiger partial charge on any atom is 0.592 e. The Hall–Kier alpha value is -3.56. The number of esters is 1. The maximum absolute atomic E-state index is 13.4. The number of rotatable bonds is 6. The van der Waals surface area contributed by atoms with Crippen molar-refractivity contribution in [1.29, 1.82) is 0 Å². The lowest BCUT2D eigenvalue weighted by Crippen LogP contribution is -2.56. The Labute approximate surface area is 197 Å². The second kappa shape index (κ2) is 8.66. The zero-order valence-corrected chi connectivity index (χ0v) is 18.9. The van der Waals surface area contributed by atoms with Gasteiger partial charge in [0.25, 0.3) is 0 Å². The molecule has 1 saturated heterocycles. The molecule has 9 heteroatoms. The lowest BCUT2D eigenvalue weighted by molar-refractivity contribution is -0.158. The van der Waals surface area contributed by atoms with Crippen LogP contribution in [0.15, 0.2) is 60.8 Å². The van der Waals surface area contributed by atoms with Crippen molar-refractivity contribution in [2.45, 2.75) is 19.0 Å². The van der Waals surface area contributed by atoms with Gasteiger partial charge >= 0.3 is 13.2 Å². The van der Waals surface area contributed by atoms with Crippen LogP contribution in [0.25, 0.3) is 16.5 Å². The van der Waals surface area contributed by atoms with E-state index in [9.17, 15) is 19.6 Å². The van der Waals surface area contributed by atoms with E-state index in [1.807, 2.05) is 47.4 Å². The largest absolute Gasteiger partial charge is 0.592 e. The van der Waals surface area contributed by atoms with Crippen LogP contribution in [0.5, 0.6) is 5.75 Å². The van der Waals surface area contributed by atoms with Gasteiger partial charge in [0.2, 0.25) is 5.91 Å². The van der Waals surface area contributed by atoms with Gasteiger partial charge in [0.05, 0.1) is 32.1 Å². The molecule has 1 aromatic heterocycles. The van der Waals surface area contributed by atoms with Gasteiger partial charge < -0.3 is 28.9 Å². The summed E-state index contributed by atoms with van der Waals surface area (Å²) in [5.74, 6) is -1.08. The molecular formula is C25H25BN2O6. The number of carbonyl (C=O) groups is 2. The van der Waals surface area contributed by atoms with Crippen molar-refractivity contribution in [3.8, 4) is 5.75 Å². The first-order valence-electron chi connectivity index (χ1n) is 11.1. The number of benzene rings is 2. The Balaban J connectivity index is 1.65. The quantitative estimate of drug-likeness (QED) is 0.432. The molecule has 3 aliphatic rings. The second-order valence-electron chi connectivity index (χ2n) is 8.66. The lowest BCUT2D eigenvalue weighted by Gasteiger charge is -2.47. The van der Waals surface area contributed by atoms with Crippen LogP contribution in [-0.4, -0.2) is 58.8 Å². The van der Waals surface area contributed by atoms with Crippen LogP contribution in [0.3, 0.4) is 0 Å². The first-order chi connectivity index (χ1) is 16.4. The molecule has 0 saturated carbocycles. The Morgan fingerprint density at radius 2 is 1.91 bits per heavy atom. The van der Waals surface area contributed by atoms with E-state index in [-0.39, 0.29) is 11.9 Å². The van der Waals surface area contributed by atoms with Crippen molar-refractivity contribution in [2.75, 3.05) is 14.2 Å². The molecule has 8 nitrogen and oxygen atoms in total. The van der Waals surface area contributed by atoms with E-state index in [2.05, 4.69) is 0 Å². The average molecular weight is 460 g/mol. The third-order valence-corrected chi connectivity index (χ3v) is 6.87. The predicted molar refractivity (Wildman–Crippen MR) is 126 cm³/mol. The molecule has 2 aromatic carbocycles. The third-order valence-electron chi connectivity index (χ3n) is 6.87. The van der Waals surface area contributed by atoms with E-state index in [0.29, 0.717) is 24.2 Å². The Morgan fingerprint density at radius 3 is 2.59 bits per heavy atom. The number of nitrogens with zero attached hydrogens (tertiary/aromatic N) is 2. The van der Waals surface area contributed by atoms with Crippen molar-refractivity contribution in [2.24, 2.45) is 11.8 Å². The van der Waals surface area contributed by atoms with Crippen LogP contribution in [0.2, 0.25) is 0 Å². The first kappa shape index (κ1) is 22.2. The number of methoxy groups -OCH3 is 2. The van der Waals surface area contributed by atoms with Gasteiger partial charge in [-0.2, -0.15) is 0 Å². The molecule has 34 heavy (non-hydrogen) atoms. The first-order valence-corrected chi connectivity index (χ1v) is 11.1. The number of amides is 1. The summed E-state index contributed by atoms with van der Waals surface area (Å²) in [6.45, 7) is 0.413. The highest BCUT2D eigenvalue weighted by Crippen LogP contribution is 2.46. The van der Waals surface area contributed by atoms with Crippen molar-refractivity contribution < 1.29 is 29.1 Å². The summed E-state index contributed by atoms with van der Waals surface area (Å²) in [4.78, 5) is 27.7. The lowest BCUT2D eigenvalue weighted by atomic mass is 9.70. The summed E-state index contributed by atoms with van der Waals surface area (Å²) in [6.07, 6.45) is 3.96. The summed E-state index contributed by atoms with van der Waals surface area (Å²) in [5.41, 5.74) is 3.26. The number of ether oxygens (including phenoxy) is 2. The van der Waals surface area contributed by atoms with E-state index in [1.165, 1.54) is 11.6 Å². The topological polar surface area (TPSA) is 101 Å². The molecule has 3 unspecified atom stereocenters. The second-order valence-corrected chi connectivity index (χ2v) is 8.66. The molecule has 2 bridgehead atoms. The number of piperidine rings is 1. The molecule has 6 rings (SSSR count). The predicted octanol–water partition coefficient (Wildman–Crippen LogP) is 2.07. The smallest absolute Gasteiger partial charge is 0.497 e. The van der Waals surface area contributed by atoms with Gasteiger partial charge in [-0.05, 0) is 35.8 Å². The molecule has 2 N–H and O–H groups in total. The zero-order valence-electron chi connectivity index (χ0n) is 18.9. The molecule has 1 amide bonds. The van der Waals surface area contributed by atoms with E-state index >= 15 is 0 Å². The highest BCUT2D eigenvalue weighted by atomic mass is 16.5. The summed E-state index contributed by atoms with van der Waals surface area (Å²) >= 11 is 0.